The first-order chi connectivity index (χ1) is 14.1. The lowest BCUT2D eigenvalue weighted by Crippen LogP contribution is -2.21. The third kappa shape index (κ3) is 2.87. The number of carboxylic acids is 1. The maximum atomic E-state index is 12.9. The molecule has 3 aliphatic rings. The van der Waals surface area contributed by atoms with Crippen LogP contribution in [0.4, 0.5) is 5.69 Å². The number of nitrogens with one attached hydrogen (secondary N) is 1. The number of anilines is 1. The molecule has 0 radical (unpaired) electrons. The lowest BCUT2D eigenvalue weighted by molar-refractivity contribution is -0.118. The minimum Gasteiger partial charge on any atom is -0.478 e. The molecule has 2 saturated carbocycles. The minimum atomic E-state index is -3.54. The van der Waals surface area contributed by atoms with E-state index in [9.17, 15) is 23.1 Å². The topological polar surface area (TPSA) is 101 Å². The number of carbonyl (C=O) groups is 2. The number of sulfone groups is 1. The third-order valence-electron chi connectivity index (χ3n) is 6.55. The molecule has 0 bridgehead atoms. The van der Waals surface area contributed by atoms with Crippen LogP contribution in [0.1, 0.15) is 52.2 Å². The van der Waals surface area contributed by atoms with E-state index in [4.69, 9.17) is 11.6 Å². The van der Waals surface area contributed by atoms with Crippen molar-refractivity contribution in [3.63, 3.8) is 0 Å². The van der Waals surface area contributed by atoms with E-state index in [0.29, 0.717) is 23.2 Å². The van der Waals surface area contributed by atoms with Gasteiger partial charge >= 0.3 is 5.97 Å². The molecule has 2 aromatic rings. The average molecular weight is 446 g/mol. The first-order valence-electron chi connectivity index (χ1n) is 9.85. The van der Waals surface area contributed by atoms with Crippen molar-refractivity contribution >= 4 is 39.0 Å². The van der Waals surface area contributed by atoms with Crippen molar-refractivity contribution in [2.75, 3.05) is 11.1 Å². The van der Waals surface area contributed by atoms with Gasteiger partial charge in [0.05, 0.1) is 26.6 Å². The van der Waals surface area contributed by atoms with E-state index in [2.05, 4.69) is 5.32 Å². The van der Waals surface area contributed by atoms with Gasteiger partial charge in [-0.2, -0.15) is 0 Å². The smallest absolute Gasteiger partial charge is 0.335 e. The second-order valence-corrected chi connectivity index (χ2v) is 11.0. The molecule has 2 aliphatic carbocycles. The molecule has 2 fully saturated rings. The molecule has 8 heteroatoms. The summed E-state index contributed by atoms with van der Waals surface area (Å²) in [5.41, 5.74) is 1.90. The predicted molar refractivity (Wildman–Crippen MR) is 112 cm³/mol. The lowest BCUT2D eigenvalue weighted by Gasteiger charge is -2.13. The molecule has 156 valence electrons. The highest BCUT2D eigenvalue weighted by molar-refractivity contribution is 7.91. The zero-order valence-corrected chi connectivity index (χ0v) is 17.8. The predicted octanol–water partition coefficient (Wildman–Crippen LogP) is 3.91. The Morgan fingerprint density at radius 1 is 1.27 bits per heavy atom. The summed E-state index contributed by atoms with van der Waals surface area (Å²) in [6, 6.07) is 8.28. The number of amides is 1. The fraction of sp³-hybridized carbons (Fsp3) is 0.364. The molecular weight excluding hydrogens is 426 g/mol. The highest BCUT2D eigenvalue weighted by Gasteiger charge is 2.65. The zero-order valence-electron chi connectivity index (χ0n) is 16.2. The van der Waals surface area contributed by atoms with Crippen LogP contribution in [0.5, 0.6) is 0 Å². The molecular formula is C22H20ClNO5S. The van der Waals surface area contributed by atoms with Crippen LogP contribution in [0.2, 0.25) is 5.02 Å². The van der Waals surface area contributed by atoms with E-state index in [1.165, 1.54) is 6.07 Å². The number of rotatable bonds is 5. The number of halogens is 1. The first kappa shape index (κ1) is 19.6. The Morgan fingerprint density at radius 2 is 2.00 bits per heavy atom. The number of benzene rings is 2. The highest BCUT2D eigenvalue weighted by Crippen LogP contribution is 2.65. The molecule has 2 aromatic carbocycles. The molecule has 2 atom stereocenters. The summed E-state index contributed by atoms with van der Waals surface area (Å²) in [7, 11) is -3.54. The molecule has 6 nitrogen and oxygen atoms in total. The molecule has 1 aliphatic heterocycles. The van der Waals surface area contributed by atoms with E-state index in [0.717, 1.165) is 18.4 Å². The van der Waals surface area contributed by atoms with Gasteiger partial charge in [0.1, 0.15) is 0 Å². The molecule has 30 heavy (non-hydrogen) atoms. The summed E-state index contributed by atoms with van der Waals surface area (Å²) in [5, 5.41) is 12.4. The molecule has 1 spiro atoms. The van der Waals surface area contributed by atoms with Gasteiger partial charge in [0.2, 0.25) is 5.91 Å². The number of aromatic carboxylic acids is 1. The summed E-state index contributed by atoms with van der Waals surface area (Å²) in [6.45, 7) is 1.73. The second kappa shape index (κ2) is 6.31. The largest absolute Gasteiger partial charge is 0.478 e. The summed E-state index contributed by atoms with van der Waals surface area (Å²) in [5.74, 6) is -1.17. The Labute approximate surface area is 179 Å². The van der Waals surface area contributed by atoms with Crippen LogP contribution in [0.15, 0.2) is 35.2 Å². The fourth-order valence-corrected chi connectivity index (χ4v) is 6.91. The van der Waals surface area contributed by atoms with Gasteiger partial charge in [0.25, 0.3) is 0 Å². The van der Waals surface area contributed by atoms with Crippen LogP contribution >= 0.6 is 11.6 Å². The molecule has 1 amide bonds. The van der Waals surface area contributed by atoms with Gasteiger partial charge in [-0.15, -0.1) is 0 Å². The maximum absolute atomic E-state index is 12.9. The van der Waals surface area contributed by atoms with E-state index < -0.39 is 21.2 Å². The quantitative estimate of drug-likeness (QED) is 0.726. The molecule has 1 heterocycles. The molecule has 5 rings (SSSR count). The van der Waals surface area contributed by atoms with E-state index >= 15 is 0 Å². The van der Waals surface area contributed by atoms with Gasteiger partial charge in [-0.05, 0) is 67.0 Å². The fourth-order valence-electron chi connectivity index (χ4n) is 4.61. The molecule has 0 aromatic heterocycles. The molecule has 0 saturated heterocycles. The van der Waals surface area contributed by atoms with Crippen LogP contribution in [-0.2, 0) is 20.0 Å². The summed E-state index contributed by atoms with van der Waals surface area (Å²) in [6.07, 6.45) is 2.32. The van der Waals surface area contributed by atoms with Gasteiger partial charge < -0.3 is 10.4 Å². The van der Waals surface area contributed by atoms with Crippen molar-refractivity contribution in [2.45, 2.75) is 42.4 Å². The van der Waals surface area contributed by atoms with Crippen LogP contribution in [0.3, 0.4) is 0 Å². The summed E-state index contributed by atoms with van der Waals surface area (Å²) < 4.78 is 25.7. The van der Waals surface area contributed by atoms with Gasteiger partial charge in [0, 0.05) is 11.6 Å². The van der Waals surface area contributed by atoms with Crippen LogP contribution in [0, 0.1) is 12.8 Å². The summed E-state index contributed by atoms with van der Waals surface area (Å²) >= 11 is 6.29. The first-order valence-corrected chi connectivity index (χ1v) is 11.9. The number of carboxylic acid groups (broad SMARTS) is 1. The van der Waals surface area contributed by atoms with Crippen molar-refractivity contribution < 1.29 is 23.1 Å². The highest BCUT2D eigenvalue weighted by atomic mass is 35.5. The Kier molecular flexibility index (Phi) is 4.12. The van der Waals surface area contributed by atoms with E-state index in [1.54, 1.807) is 25.1 Å². The van der Waals surface area contributed by atoms with E-state index in [-0.39, 0.29) is 39.0 Å². The van der Waals surface area contributed by atoms with Crippen molar-refractivity contribution in [3.8, 4) is 0 Å². The lowest BCUT2D eigenvalue weighted by atomic mass is 9.91. The molecule has 2 N–H and O–H groups in total. The Morgan fingerprint density at radius 3 is 2.67 bits per heavy atom. The number of hydrogen-bond acceptors (Lipinski definition) is 4. The maximum Gasteiger partial charge on any atom is 0.335 e. The van der Waals surface area contributed by atoms with Crippen molar-refractivity contribution in [1.29, 1.82) is 0 Å². The summed E-state index contributed by atoms with van der Waals surface area (Å²) in [4.78, 5) is 24.5. The van der Waals surface area contributed by atoms with Crippen molar-refractivity contribution in [1.82, 2.24) is 0 Å². The van der Waals surface area contributed by atoms with Crippen LogP contribution in [-0.4, -0.2) is 31.2 Å². The van der Waals surface area contributed by atoms with Gasteiger partial charge in [-0.1, -0.05) is 23.7 Å². The Balaban J connectivity index is 1.57. The van der Waals surface area contributed by atoms with Crippen LogP contribution < -0.4 is 5.32 Å². The van der Waals surface area contributed by atoms with Gasteiger partial charge in [-0.3, -0.25) is 4.79 Å². The SMILES string of the molecule is Cc1ccc(C2CC23C(=O)Nc2cc(Cl)c(S(=O)(=O)CC4CC4)cc23)cc1C(=O)O. The average Bonchev–Trinajstić information content (AvgIpc) is 3.56. The third-order valence-corrected chi connectivity index (χ3v) is 8.89. The van der Waals surface area contributed by atoms with Gasteiger partial charge in [0.15, 0.2) is 9.84 Å². The Hall–Kier alpha value is -2.38. The number of hydrogen-bond donors (Lipinski definition) is 2. The van der Waals surface area contributed by atoms with E-state index in [1.807, 2.05) is 6.07 Å². The standard InChI is InChI=1S/C22H20ClNO5S/c1-11-2-5-13(6-14(11)20(25)26)16-9-22(16)15-7-19(30(28,29)10-12-3-4-12)17(23)8-18(15)24-21(22)27/h2,5-8,12,16H,3-4,9-10H2,1H3,(H,24,27)(H,25,26). The van der Waals surface area contributed by atoms with Gasteiger partial charge in [-0.25, -0.2) is 13.2 Å². The van der Waals surface area contributed by atoms with Crippen molar-refractivity contribution in [3.05, 3.63) is 57.6 Å². The van der Waals surface area contributed by atoms with Crippen molar-refractivity contribution in [2.24, 2.45) is 5.92 Å². The number of carbonyl (C=O) groups excluding carboxylic acids is 1. The normalized spacial score (nSPS) is 24.6. The Bertz CT molecular complexity index is 1230. The second-order valence-electron chi connectivity index (χ2n) is 8.61. The van der Waals surface area contributed by atoms with Crippen LogP contribution in [0.25, 0.3) is 0 Å². The monoisotopic (exact) mass is 445 g/mol. The number of aryl methyl sites for hydroxylation is 1. The minimum absolute atomic E-state index is 0.0727. The zero-order chi connectivity index (χ0) is 21.4. The molecule has 2 unspecified atom stereocenters. The number of fused-ring (bicyclic) bond motifs is 2.